The minimum atomic E-state index is 0.224. The standard InChI is InChI=1S/C17H25N3O/c1-13(2)17(8-11-21)19-14(3)15-4-6-16(7-5-15)20-10-9-18-12-20/h4-7,9-10,12-14,17,19,21H,8,11H2,1-3H3. The number of aliphatic hydroxyl groups is 1. The molecule has 0 radical (unpaired) electrons. The fraction of sp³-hybridized carbons (Fsp3) is 0.471. The van der Waals surface area contributed by atoms with Gasteiger partial charge in [-0.15, -0.1) is 0 Å². The predicted octanol–water partition coefficient (Wildman–Crippen LogP) is 2.93. The average molecular weight is 287 g/mol. The summed E-state index contributed by atoms with van der Waals surface area (Å²) >= 11 is 0. The van der Waals surface area contributed by atoms with Gasteiger partial charge in [0.15, 0.2) is 0 Å². The van der Waals surface area contributed by atoms with Gasteiger partial charge in [-0.1, -0.05) is 26.0 Å². The van der Waals surface area contributed by atoms with Crippen LogP contribution in [0.15, 0.2) is 43.0 Å². The van der Waals surface area contributed by atoms with Crippen LogP contribution in [0.25, 0.3) is 5.69 Å². The lowest BCUT2D eigenvalue weighted by Crippen LogP contribution is -2.36. The molecule has 0 saturated heterocycles. The van der Waals surface area contributed by atoms with Crippen molar-refractivity contribution >= 4 is 0 Å². The molecule has 1 aromatic carbocycles. The summed E-state index contributed by atoms with van der Waals surface area (Å²) < 4.78 is 1.99. The first kappa shape index (κ1) is 15.7. The summed E-state index contributed by atoms with van der Waals surface area (Å²) in [5, 5.41) is 12.8. The van der Waals surface area contributed by atoms with Gasteiger partial charge in [-0.2, -0.15) is 0 Å². The van der Waals surface area contributed by atoms with Gasteiger partial charge in [0, 0.05) is 36.8 Å². The van der Waals surface area contributed by atoms with E-state index in [9.17, 15) is 0 Å². The Morgan fingerprint density at radius 3 is 2.43 bits per heavy atom. The molecule has 2 unspecified atom stereocenters. The topological polar surface area (TPSA) is 50.1 Å². The van der Waals surface area contributed by atoms with Crippen LogP contribution in [0.2, 0.25) is 0 Å². The number of hydrogen-bond acceptors (Lipinski definition) is 3. The molecule has 4 nitrogen and oxygen atoms in total. The molecule has 0 aliphatic rings. The lowest BCUT2D eigenvalue weighted by atomic mass is 9.98. The number of nitrogens with zero attached hydrogens (tertiary/aromatic N) is 2. The molecular weight excluding hydrogens is 262 g/mol. The number of benzene rings is 1. The van der Waals surface area contributed by atoms with Crippen molar-refractivity contribution in [2.75, 3.05) is 6.61 Å². The molecule has 0 aliphatic heterocycles. The van der Waals surface area contributed by atoms with Crippen LogP contribution in [0.3, 0.4) is 0 Å². The second-order valence-corrected chi connectivity index (χ2v) is 5.81. The molecule has 114 valence electrons. The lowest BCUT2D eigenvalue weighted by Gasteiger charge is -2.26. The van der Waals surface area contributed by atoms with E-state index in [4.69, 9.17) is 5.11 Å². The first-order valence-electron chi connectivity index (χ1n) is 7.57. The SMILES string of the molecule is CC(NC(CCO)C(C)C)c1ccc(-n2ccnc2)cc1. The lowest BCUT2D eigenvalue weighted by molar-refractivity contribution is 0.237. The first-order valence-corrected chi connectivity index (χ1v) is 7.57. The van der Waals surface area contributed by atoms with Crippen LogP contribution in [0, 0.1) is 5.92 Å². The van der Waals surface area contributed by atoms with Crippen LogP contribution in [0.1, 0.15) is 38.8 Å². The summed E-state index contributed by atoms with van der Waals surface area (Å²) in [4.78, 5) is 4.06. The maximum atomic E-state index is 9.16. The normalized spacial score (nSPS) is 14.3. The third-order valence-electron chi connectivity index (χ3n) is 3.90. The molecule has 0 fully saturated rings. The third kappa shape index (κ3) is 4.16. The van der Waals surface area contributed by atoms with E-state index >= 15 is 0 Å². The highest BCUT2D eigenvalue weighted by atomic mass is 16.3. The Hall–Kier alpha value is -1.65. The molecule has 4 heteroatoms. The van der Waals surface area contributed by atoms with Crippen molar-refractivity contribution in [2.24, 2.45) is 5.92 Å². The Labute approximate surface area is 126 Å². The molecule has 2 N–H and O–H groups in total. The highest BCUT2D eigenvalue weighted by Gasteiger charge is 2.16. The highest BCUT2D eigenvalue weighted by molar-refractivity contribution is 5.35. The van der Waals surface area contributed by atoms with E-state index in [0.717, 1.165) is 12.1 Å². The minimum Gasteiger partial charge on any atom is -0.396 e. The second-order valence-electron chi connectivity index (χ2n) is 5.81. The predicted molar refractivity (Wildman–Crippen MR) is 85.4 cm³/mol. The Bertz CT molecular complexity index is 519. The summed E-state index contributed by atoms with van der Waals surface area (Å²) in [6.07, 6.45) is 6.30. The van der Waals surface area contributed by atoms with Crippen LogP contribution in [-0.4, -0.2) is 27.3 Å². The summed E-state index contributed by atoms with van der Waals surface area (Å²) in [6, 6.07) is 9.09. The van der Waals surface area contributed by atoms with Gasteiger partial charge in [-0.3, -0.25) is 0 Å². The molecule has 21 heavy (non-hydrogen) atoms. The van der Waals surface area contributed by atoms with Gasteiger partial charge in [0.25, 0.3) is 0 Å². The number of hydrogen-bond donors (Lipinski definition) is 2. The maximum Gasteiger partial charge on any atom is 0.0991 e. The summed E-state index contributed by atoms with van der Waals surface area (Å²) in [5.41, 5.74) is 2.36. The second kappa shape index (κ2) is 7.38. The van der Waals surface area contributed by atoms with E-state index in [1.807, 2.05) is 10.8 Å². The summed E-state index contributed by atoms with van der Waals surface area (Å²) in [6.45, 7) is 6.76. The molecule has 0 aliphatic carbocycles. The molecule has 2 atom stereocenters. The Morgan fingerprint density at radius 1 is 1.19 bits per heavy atom. The molecule has 0 bridgehead atoms. The van der Waals surface area contributed by atoms with Crippen molar-refractivity contribution in [3.63, 3.8) is 0 Å². The maximum absolute atomic E-state index is 9.16. The number of aliphatic hydroxyl groups excluding tert-OH is 1. The van der Waals surface area contributed by atoms with Gasteiger partial charge < -0.3 is 15.0 Å². The van der Waals surface area contributed by atoms with Crippen molar-refractivity contribution in [3.8, 4) is 5.69 Å². The first-order chi connectivity index (χ1) is 10.1. The monoisotopic (exact) mass is 287 g/mol. The van der Waals surface area contributed by atoms with Crippen molar-refractivity contribution in [3.05, 3.63) is 48.5 Å². The quantitative estimate of drug-likeness (QED) is 0.823. The molecule has 0 spiro atoms. The van der Waals surface area contributed by atoms with Gasteiger partial charge in [0.2, 0.25) is 0 Å². The van der Waals surface area contributed by atoms with E-state index in [1.54, 1.807) is 12.5 Å². The number of aromatic nitrogens is 2. The summed E-state index contributed by atoms with van der Waals surface area (Å²) in [7, 11) is 0. The largest absolute Gasteiger partial charge is 0.396 e. The molecule has 1 aromatic heterocycles. The fourth-order valence-corrected chi connectivity index (χ4v) is 2.51. The van der Waals surface area contributed by atoms with Crippen LogP contribution in [0.4, 0.5) is 0 Å². The number of rotatable bonds is 7. The van der Waals surface area contributed by atoms with E-state index in [1.165, 1.54) is 5.56 Å². The van der Waals surface area contributed by atoms with Crippen molar-refractivity contribution in [2.45, 2.75) is 39.3 Å². The van der Waals surface area contributed by atoms with Crippen LogP contribution in [-0.2, 0) is 0 Å². The van der Waals surface area contributed by atoms with E-state index in [2.05, 4.69) is 55.3 Å². The van der Waals surface area contributed by atoms with Crippen LogP contribution >= 0.6 is 0 Å². The van der Waals surface area contributed by atoms with Gasteiger partial charge in [-0.25, -0.2) is 4.98 Å². The van der Waals surface area contributed by atoms with Gasteiger partial charge in [0.1, 0.15) is 0 Å². The number of nitrogens with one attached hydrogen (secondary N) is 1. The van der Waals surface area contributed by atoms with Gasteiger partial charge in [-0.05, 0) is 37.0 Å². The van der Waals surface area contributed by atoms with Crippen molar-refractivity contribution in [1.82, 2.24) is 14.9 Å². The zero-order valence-corrected chi connectivity index (χ0v) is 13.0. The molecule has 2 rings (SSSR count). The van der Waals surface area contributed by atoms with Crippen LogP contribution in [0.5, 0.6) is 0 Å². The van der Waals surface area contributed by atoms with E-state index in [-0.39, 0.29) is 12.6 Å². The zero-order chi connectivity index (χ0) is 15.2. The third-order valence-corrected chi connectivity index (χ3v) is 3.90. The number of imidazole rings is 1. The van der Waals surface area contributed by atoms with Gasteiger partial charge >= 0.3 is 0 Å². The fourth-order valence-electron chi connectivity index (χ4n) is 2.51. The zero-order valence-electron chi connectivity index (χ0n) is 13.0. The van der Waals surface area contributed by atoms with E-state index in [0.29, 0.717) is 12.0 Å². The molecule has 2 aromatic rings. The Kier molecular flexibility index (Phi) is 5.53. The van der Waals surface area contributed by atoms with Crippen molar-refractivity contribution < 1.29 is 5.11 Å². The highest BCUT2D eigenvalue weighted by Crippen LogP contribution is 2.18. The average Bonchev–Trinajstić information content (AvgIpc) is 3.01. The Balaban J connectivity index is 2.04. The van der Waals surface area contributed by atoms with Crippen LogP contribution < -0.4 is 5.32 Å². The molecule has 0 amide bonds. The van der Waals surface area contributed by atoms with Crippen molar-refractivity contribution in [1.29, 1.82) is 0 Å². The molecular formula is C17H25N3O. The van der Waals surface area contributed by atoms with Gasteiger partial charge in [0.05, 0.1) is 6.33 Å². The Morgan fingerprint density at radius 2 is 1.90 bits per heavy atom. The summed E-state index contributed by atoms with van der Waals surface area (Å²) in [5.74, 6) is 0.504. The van der Waals surface area contributed by atoms with E-state index < -0.39 is 0 Å². The molecule has 1 heterocycles. The molecule has 0 saturated carbocycles. The minimum absolute atomic E-state index is 0.224. The smallest absolute Gasteiger partial charge is 0.0991 e.